The van der Waals surface area contributed by atoms with Gasteiger partial charge in [-0.25, -0.2) is 17.6 Å². The largest absolute Gasteiger partial charge is 3.00 e. The van der Waals surface area contributed by atoms with Gasteiger partial charge in [0.1, 0.15) is 28.7 Å². The monoisotopic (exact) mass is 1570 g/mol. The van der Waals surface area contributed by atoms with E-state index in [1.165, 1.54) is 37.1 Å². The van der Waals surface area contributed by atoms with Gasteiger partial charge in [-0.2, -0.15) is 44.8 Å². The minimum absolute atomic E-state index is 0. The molecule has 2 N–H and O–H groups in total. The van der Waals surface area contributed by atoms with Gasteiger partial charge in [-0.1, -0.05) is 105 Å². The van der Waals surface area contributed by atoms with Crippen molar-refractivity contribution in [3.05, 3.63) is 233 Å². The summed E-state index contributed by atoms with van der Waals surface area (Å²) >= 11 is 0. The van der Waals surface area contributed by atoms with E-state index in [4.69, 9.17) is 37.9 Å². The Labute approximate surface area is 551 Å². The molecular formula is C54H43F22N2O10S3Yb. The Morgan fingerprint density at radius 3 is 1.08 bits per heavy atom. The van der Waals surface area contributed by atoms with Crippen molar-refractivity contribution in [3.8, 4) is 6.07 Å². The number of benzene rings is 6. The van der Waals surface area contributed by atoms with Crippen molar-refractivity contribution in [1.82, 2.24) is 5.32 Å². The summed E-state index contributed by atoms with van der Waals surface area (Å²) in [5, 5.41) is 21.9. The number of halogens is 22. The van der Waals surface area contributed by atoms with E-state index in [2.05, 4.69) is 18.3 Å². The second-order valence-corrected chi connectivity index (χ2v) is 18.7. The average Bonchev–Trinajstić information content (AvgIpc) is 0.841. The Hall–Kier alpha value is -6.43. The quantitative estimate of drug-likeness (QED) is 0.0866. The summed E-state index contributed by atoms with van der Waals surface area (Å²) in [4.78, 5) is 0. The molecule has 1 radical (unpaired) electrons. The number of nitriles is 1. The number of alkyl halides is 9. The minimum atomic E-state index is -4.92. The summed E-state index contributed by atoms with van der Waals surface area (Å²) in [5.74, 6) is -2.40. The zero-order valence-electron chi connectivity index (χ0n) is 45.6. The van der Waals surface area contributed by atoms with E-state index in [1.807, 2.05) is 0 Å². The van der Waals surface area contributed by atoms with Gasteiger partial charge in [-0.05, 0) is 113 Å². The number of rotatable bonds is 12. The Bertz CT molecular complexity index is 3380. The molecule has 0 heterocycles. The molecule has 0 bridgehead atoms. The van der Waals surface area contributed by atoms with Gasteiger partial charge < -0.3 is 49.9 Å². The fourth-order valence-corrected chi connectivity index (χ4v) is 7.26. The van der Waals surface area contributed by atoms with Crippen LogP contribution in [0, 0.1) is 107 Å². The summed E-state index contributed by atoms with van der Waals surface area (Å²) < 4.78 is 337. The van der Waals surface area contributed by atoms with E-state index >= 15 is 0 Å². The molecule has 1 fully saturated rings. The second kappa shape index (κ2) is 44.2. The van der Waals surface area contributed by atoms with Crippen LogP contribution in [0.15, 0.2) is 146 Å². The van der Waals surface area contributed by atoms with Crippen LogP contribution in [-0.2, 0) is 67.9 Å². The van der Waals surface area contributed by atoms with Crippen LogP contribution >= 0.6 is 0 Å². The van der Waals surface area contributed by atoms with Crippen molar-refractivity contribution in [2.75, 3.05) is 13.1 Å². The summed E-state index contributed by atoms with van der Waals surface area (Å²) in [7, 11) is -9.33. The SMILES string of the molecule is CC1CC1.F[C-](F)F.F[C-](F)F.F[C-](F)F.N#CC(Cc1ccccc1)(c1ccc(F)cc1)c1cc(F)cc(C(F)(F)F)c1.O=S(=O)=O.O=S(=O)=O.O=S(=O)=O.O[C@@H](CNCC(Cc1ccccc1)(c1ccc(F)cc1)c1cc(F)cc(C(F)(F)F)c1)C(F)(F)F.[Yb+3]. The van der Waals surface area contributed by atoms with E-state index < -0.39 is 135 Å². The van der Waals surface area contributed by atoms with Gasteiger partial charge >= 0.3 is 97.3 Å². The number of hydrogen-bond donors (Lipinski definition) is 2. The first-order chi connectivity index (χ1) is 41.8. The first-order valence-electron chi connectivity index (χ1n) is 23.9. The summed E-state index contributed by atoms with van der Waals surface area (Å²) in [6.07, 6.45) is -14.4. The Kier molecular flexibility index (Phi) is 43.1. The predicted molar refractivity (Wildman–Crippen MR) is 275 cm³/mol. The zero-order chi connectivity index (χ0) is 70.7. The molecule has 1 saturated carbocycles. The molecule has 0 aliphatic heterocycles. The van der Waals surface area contributed by atoms with Gasteiger partial charge in [0, 0.05) is 18.5 Å². The fraction of sp³-hybridized carbons (Fsp3) is 0.259. The normalized spacial score (nSPS) is 12.9. The molecule has 2 unspecified atom stereocenters. The van der Waals surface area contributed by atoms with Gasteiger partial charge in [0.05, 0.1) is 17.2 Å². The predicted octanol–water partition coefficient (Wildman–Crippen LogP) is 14.5. The fourth-order valence-electron chi connectivity index (χ4n) is 7.26. The maximum Gasteiger partial charge on any atom is 3.00 e. The third kappa shape index (κ3) is 40.5. The van der Waals surface area contributed by atoms with Crippen molar-refractivity contribution >= 4 is 31.8 Å². The molecule has 1 aliphatic rings. The van der Waals surface area contributed by atoms with Gasteiger partial charge in [0.25, 0.3) is 0 Å². The second-order valence-electron chi connectivity index (χ2n) is 17.5. The maximum absolute atomic E-state index is 14.4. The third-order valence-corrected chi connectivity index (χ3v) is 11.1. The van der Waals surface area contributed by atoms with Crippen molar-refractivity contribution in [3.63, 3.8) is 0 Å². The summed E-state index contributed by atoms with van der Waals surface area (Å²) in [6.45, 7) is -8.34. The van der Waals surface area contributed by atoms with E-state index in [0.29, 0.717) is 23.3 Å². The number of nitrogens with one attached hydrogen (secondary N) is 1. The Morgan fingerprint density at radius 2 is 0.772 bits per heavy atom. The minimum Gasteiger partial charge on any atom is -0.385 e. The van der Waals surface area contributed by atoms with Crippen LogP contribution in [0.25, 0.3) is 0 Å². The molecule has 3 atom stereocenters. The molecule has 7 rings (SSSR count). The van der Waals surface area contributed by atoms with Gasteiger partial charge in [-0.15, -0.1) is 37.9 Å². The van der Waals surface area contributed by atoms with Crippen LogP contribution in [0.2, 0.25) is 0 Å². The van der Waals surface area contributed by atoms with Gasteiger partial charge in [0.2, 0.25) is 0 Å². The van der Waals surface area contributed by atoms with Crippen LogP contribution in [0.3, 0.4) is 0 Å². The maximum atomic E-state index is 14.4. The van der Waals surface area contributed by atoms with E-state index in [9.17, 15) is 107 Å². The molecule has 0 spiro atoms. The molecule has 515 valence electrons. The number of aliphatic hydroxyl groups is 1. The van der Waals surface area contributed by atoms with Crippen LogP contribution < -0.4 is 5.32 Å². The van der Waals surface area contributed by atoms with Crippen molar-refractivity contribution in [2.24, 2.45) is 5.92 Å². The Morgan fingerprint density at radius 1 is 0.478 bits per heavy atom. The number of aliphatic hydroxyl groups excluding tert-OH is 1. The van der Waals surface area contributed by atoms with Crippen LogP contribution in [0.5, 0.6) is 0 Å². The number of nitrogens with zero attached hydrogens (tertiary/aromatic N) is 1. The van der Waals surface area contributed by atoms with Crippen LogP contribution in [0.1, 0.15) is 64.3 Å². The van der Waals surface area contributed by atoms with E-state index in [1.54, 1.807) is 60.7 Å². The average molecular weight is 1570 g/mol. The molecule has 0 aromatic heterocycles. The topological polar surface area (TPSA) is 210 Å². The van der Waals surface area contributed by atoms with Gasteiger partial charge in [-0.3, -0.25) is 0 Å². The van der Waals surface area contributed by atoms with E-state index in [0.717, 1.165) is 54.4 Å². The van der Waals surface area contributed by atoms with Crippen molar-refractivity contribution in [2.45, 2.75) is 68.1 Å². The molecule has 0 amide bonds. The molecule has 6 aromatic carbocycles. The molecule has 6 aromatic rings. The summed E-state index contributed by atoms with van der Waals surface area (Å²) in [5.41, 5.74) is -4.17. The Balaban J connectivity index is -0.00000122. The smallest absolute Gasteiger partial charge is 0.385 e. The first-order valence-corrected chi connectivity index (χ1v) is 26.9. The third-order valence-electron chi connectivity index (χ3n) is 11.1. The van der Waals surface area contributed by atoms with E-state index in [-0.39, 0.29) is 82.0 Å². The molecule has 0 saturated heterocycles. The standard InChI is InChI=1S/C25H21F8NO.C22H14F5N.C4H8.3CF3.3O3S.Yb/c26-20-8-6-17(7-9-20)23(13-16-4-2-1-3-5-16,15-34-14-22(35)25(31,32)33)18-10-19(24(28,29)30)12-21(27)11-18;23-19-8-6-16(7-9-19)21(14-28,13-15-4-2-1-3-5-15)17-10-18(22(25,26)27)12-20(24)11-17;1-4-2-3-4;3*2-1(3)4;3*1-4(2)3;/h1-12,22,34-35H,13-15H2;1-12H,13H2;4H,2-3H2,1H3;;;;;;;/q;;;3*-1;;;;+3/t22-,23?;;;;;;;;;/m0........./s1. The van der Waals surface area contributed by atoms with Crippen LogP contribution in [-0.4, -0.2) is 68.4 Å². The van der Waals surface area contributed by atoms with Crippen molar-refractivity contribution in [1.29, 1.82) is 5.26 Å². The molecule has 92 heavy (non-hydrogen) atoms. The molecular weight excluding hydrogens is 1520 g/mol. The zero-order valence-corrected chi connectivity index (χ0v) is 49.8. The van der Waals surface area contributed by atoms with Gasteiger partial charge in [0.15, 0.2) is 26.1 Å². The number of hydrogen-bond acceptors (Lipinski definition) is 12. The van der Waals surface area contributed by atoms with Crippen molar-refractivity contribution < 1.29 is 186 Å². The molecule has 1 aliphatic carbocycles. The summed E-state index contributed by atoms with van der Waals surface area (Å²) in [6, 6.07) is 32.7. The first kappa shape index (κ1) is 89.8. The van der Waals surface area contributed by atoms with Crippen LogP contribution in [0.4, 0.5) is 96.6 Å². The molecule has 12 nitrogen and oxygen atoms in total. The molecule has 38 heteroatoms.